The Bertz CT molecular complexity index is 265. The number of carbonyl (C=O) groups is 1. The number of aliphatic hydroxyl groups excluding tert-OH is 1. The van der Waals surface area contributed by atoms with Crippen molar-refractivity contribution in [2.45, 2.75) is 71.8 Å². The number of likely N-dealkylation sites (tertiary alicyclic amines) is 1. The number of hydrogen-bond donors (Lipinski definition) is 1. The van der Waals surface area contributed by atoms with Crippen LogP contribution in [0.5, 0.6) is 0 Å². The highest BCUT2D eigenvalue weighted by molar-refractivity contribution is 5.76. The van der Waals surface area contributed by atoms with Crippen LogP contribution in [-0.4, -0.2) is 35.1 Å². The molecule has 1 aliphatic rings. The highest BCUT2D eigenvalue weighted by Crippen LogP contribution is 2.22. The molecule has 0 spiro atoms. The van der Waals surface area contributed by atoms with Crippen molar-refractivity contribution in [3.8, 4) is 0 Å². The van der Waals surface area contributed by atoms with E-state index in [1.165, 1.54) is 19.3 Å². The average Bonchev–Trinajstić information content (AvgIpc) is 2.39. The van der Waals surface area contributed by atoms with Crippen LogP contribution in [0.15, 0.2) is 0 Å². The molecule has 1 saturated heterocycles. The Morgan fingerprint density at radius 3 is 2.74 bits per heavy atom. The molecule has 19 heavy (non-hydrogen) atoms. The number of piperidine rings is 1. The normalized spacial score (nSPS) is 23.2. The van der Waals surface area contributed by atoms with Gasteiger partial charge in [-0.3, -0.25) is 4.79 Å². The van der Waals surface area contributed by atoms with Crippen molar-refractivity contribution in [1.29, 1.82) is 0 Å². The van der Waals surface area contributed by atoms with Gasteiger partial charge in [-0.2, -0.15) is 0 Å². The number of rotatable bonds is 7. The summed E-state index contributed by atoms with van der Waals surface area (Å²) in [6.45, 7) is 7.86. The summed E-state index contributed by atoms with van der Waals surface area (Å²) in [7, 11) is 0. The third kappa shape index (κ3) is 5.94. The monoisotopic (exact) mass is 269 g/mol. The lowest BCUT2D eigenvalue weighted by molar-refractivity contribution is -0.134. The topological polar surface area (TPSA) is 40.5 Å². The number of nitrogens with zero attached hydrogens (tertiary/aromatic N) is 1. The minimum absolute atomic E-state index is 0.271. The zero-order valence-electron chi connectivity index (χ0n) is 12.9. The van der Waals surface area contributed by atoms with Crippen molar-refractivity contribution in [2.75, 3.05) is 13.1 Å². The van der Waals surface area contributed by atoms with Crippen LogP contribution in [0, 0.1) is 11.8 Å². The van der Waals surface area contributed by atoms with E-state index in [1.54, 1.807) is 0 Å². The Balaban J connectivity index is 2.31. The van der Waals surface area contributed by atoms with E-state index in [4.69, 9.17) is 0 Å². The number of unbranched alkanes of at least 4 members (excludes halogenated alkanes) is 2. The molecule has 0 radical (unpaired) electrons. The van der Waals surface area contributed by atoms with Crippen LogP contribution in [0.1, 0.15) is 65.7 Å². The maximum Gasteiger partial charge on any atom is 0.222 e. The molecule has 1 rings (SSSR count). The predicted octanol–water partition coefficient (Wildman–Crippen LogP) is 3.21. The first-order valence-corrected chi connectivity index (χ1v) is 8.00. The first-order valence-electron chi connectivity index (χ1n) is 8.00. The molecule has 1 N–H and O–H groups in total. The minimum Gasteiger partial charge on any atom is -0.393 e. The molecule has 1 heterocycles. The first-order chi connectivity index (χ1) is 9.04. The van der Waals surface area contributed by atoms with Crippen LogP contribution < -0.4 is 0 Å². The van der Waals surface area contributed by atoms with Gasteiger partial charge in [0.1, 0.15) is 0 Å². The lowest BCUT2D eigenvalue weighted by Gasteiger charge is -2.34. The van der Waals surface area contributed by atoms with Gasteiger partial charge >= 0.3 is 0 Å². The molecular formula is C16H31NO2. The van der Waals surface area contributed by atoms with Crippen LogP contribution in [0.25, 0.3) is 0 Å². The fourth-order valence-electron chi connectivity index (χ4n) is 2.90. The summed E-state index contributed by atoms with van der Waals surface area (Å²) >= 11 is 0. The van der Waals surface area contributed by atoms with E-state index >= 15 is 0 Å². The second kappa shape index (κ2) is 8.57. The largest absolute Gasteiger partial charge is 0.393 e. The van der Waals surface area contributed by atoms with Crippen LogP contribution >= 0.6 is 0 Å². The van der Waals surface area contributed by atoms with Crippen molar-refractivity contribution >= 4 is 5.91 Å². The van der Waals surface area contributed by atoms with Gasteiger partial charge in [0.15, 0.2) is 0 Å². The van der Waals surface area contributed by atoms with E-state index < -0.39 is 0 Å². The Morgan fingerprint density at radius 1 is 1.37 bits per heavy atom. The maximum absolute atomic E-state index is 12.3. The quantitative estimate of drug-likeness (QED) is 0.721. The smallest absolute Gasteiger partial charge is 0.222 e. The van der Waals surface area contributed by atoms with Crippen LogP contribution in [0.4, 0.5) is 0 Å². The lowest BCUT2D eigenvalue weighted by atomic mass is 9.92. The summed E-state index contributed by atoms with van der Waals surface area (Å²) in [5.41, 5.74) is 0. The molecule has 3 unspecified atom stereocenters. The van der Waals surface area contributed by atoms with Gasteiger partial charge in [0, 0.05) is 25.4 Å². The molecule has 0 aromatic heterocycles. The molecule has 0 bridgehead atoms. The van der Waals surface area contributed by atoms with Crippen molar-refractivity contribution in [3.05, 3.63) is 0 Å². The fourth-order valence-corrected chi connectivity index (χ4v) is 2.90. The molecule has 0 aromatic carbocycles. The molecule has 1 amide bonds. The first kappa shape index (κ1) is 16.5. The maximum atomic E-state index is 12.3. The second-order valence-electron chi connectivity index (χ2n) is 6.29. The molecular weight excluding hydrogens is 238 g/mol. The summed E-state index contributed by atoms with van der Waals surface area (Å²) in [6, 6.07) is 0. The summed E-state index contributed by atoms with van der Waals surface area (Å²) < 4.78 is 0. The predicted molar refractivity (Wildman–Crippen MR) is 78.9 cm³/mol. The number of hydrogen-bond acceptors (Lipinski definition) is 2. The molecule has 0 aliphatic carbocycles. The minimum atomic E-state index is -0.294. The highest BCUT2D eigenvalue weighted by atomic mass is 16.3. The standard InChI is InChI=1S/C16H31NO2/c1-4-5-6-8-13(2)11-16(19)17-10-7-9-15(12-17)14(3)18/h13-15,18H,4-12H2,1-3H3. The van der Waals surface area contributed by atoms with E-state index in [0.29, 0.717) is 12.3 Å². The fraction of sp³-hybridized carbons (Fsp3) is 0.938. The van der Waals surface area contributed by atoms with Crippen molar-refractivity contribution in [2.24, 2.45) is 11.8 Å². The van der Waals surface area contributed by atoms with Gasteiger partial charge in [-0.05, 0) is 25.7 Å². The lowest BCUT2D eigenvalue weighted by Crippen LogP contribution is -2.43. The number of aliphatic hydroxyl groups is 1. The van der Waals surface area contributed by atoms with Gasteiger partial charge in [0.05, 0.1) is 6.10 Å². The third-order valence-corrected chi connectivity index (χ3v) is 4.32. The summed E-state index contributed by atoms with van der Waals surface area (Å²) in [4.78, 5) is 14.2. The molecule has 1 fully saturated rings. The molecule has 1 aliphatic heterocycles. The molecule has 0 aromatic rings. The Labute approximate surface area is 118 Å². The number of amides is 1. The molecule has 0 saturated carbocycles. The molecule has 112 valence electrons. The van der Waals surface area contributed by atoms with Crippen LogP contribution in [-0.2, 0) is 4.79 Å². The van der Waals surface area contributed by atoms with Gasteiger partial charge < -0.3 is 10.0 Å². The van der Waals surface area contributed by atoms with E-state index in [-0.39, 0.29) is 17.9 Å². The average molecular weight is 269 g/mol. The van der Waals surface area contributed by atoms with Gasteiger partial charge in [-0.15, -0.1) is 0 Å². The van der Waals surface area contributed by atoms with E-state index in [1.807, 2.05) is 11.8 Å². The van der Waals surface area contributed by atoms with Gasteiger partial charge in [-0.1, -0.05) is 39.5 Å². The van der Waals surface area contributed by atoms with Crippen LogP contribution in [0.3, 0.4) is 0 Å². The van der Waals surface area contributed by atoms with Gasteiger partial charge in [0.25, 0.3) is 0 Å². The van der Waals surface area contributed by atoms with E-state index in [0.717, 1.165) is 32.4 Å². The van der Waals surface area contributed by atoms with E-state index in [2.05, 4.69) is 13.8 Å². The Kier molecular flexibility index (Phi) is 7.44. The van der Waals surface area contributed by atoms with E-state index in [9.17, 15) is 9.90 Å². The second-order valence-corrected chi connectivity index (χ2v) is 6.29. The summed E-state index contributed by atoms with van der Waals surface area (Å²) in [5, 5.41) is 9.66. The molecule has 3 atom stereocenters. The molecule has 3 heteroatoms. The number of carbonyl (C=O) groups excluding carboxylic acids is 1. The van der Waals surface area contributed by atoms with Crippen molar-refractivity contribution < 1.29 is 9.90 Å². The third-order valence-electron chi connectivity index (χ3n) is 4.32. The zero-order valence-corrected chi connectivity index (χ0v) is 12.9. The summed E-state index contributed by atoms with van der Waals surface area (Å²) in [5.74, 6) is 1.05. The van der Waals surface area contributed by atoms with Gasteiger partial charge in [0.2, 0.25) is 5.91 Å². The van der Waals surface area contributed by atoms with Gasteiger partial charge in [-0.25, -0.2) is 0 Å². The van der Waals surface area contributed by atoms with Crippen molar-refractivity contribution in [3.63, 3.8) is 0 Å². The Morgan fingerprint density at radius 2 is 2.11 bits per heavy atom. The zero-order chi connectivity index (χ0) is 14.3. The SMILES string of the molecule is CCCCCC(C)CC(=O)N1CCCC(C(C)O)C1. The summed E-state index contributed by atoms with van der Waals surface area (Å²) in [6.07, 6.45) is 7.37. The van der Waals surface area contributed by atoms with Crippen LogP contribution in [0.2, 0.25) is 0 Å². The van der Waals surface area contributed by atoms with Crippen molar-refractivity contribution in [1.82, 2.24) is 4.90 Å². The highest BCUT2D eigenvalue weighted by Gasteiger charge is 2.26. The molecule has 3 nitrogen and oxygen atoms in total. The Hall–Kier alpha value is -0.570.